The van der Waals surface area contributed by atoms with Crippen molar-refractivity contribution in [3.05, 3.63) is 76.7 Å². The Morgan fingerprint density at radius 1 is 1.16 bits per heavy atom. The fraction of sp³-hybridized carbons (Fsp3) is 0.280. The first-order chi connectivity index (χ1) is 18.2. The van der Waals surface area contributed by atoms with Gasteiger partial charge in [-0.15, -0.1) is 0 Å². The predicted octanol–water partition coefficient (Wildman–Crippen LogP) is 4.99. The third kappa shape index (κ3) is 5.97. The molecule has 0 saturated heterocycles. The van der Waals surface area contributed by atoms with Gasteiger partial charge in [-0.1, -0.05) is 11.6 Å². The Hall–Kier alpha value is -3.90. The van der Waals surface area contributed by atoms with Gasteiger partial charge < -0.3 is 20.1 Å². The number of nitrogens with one attached hydrogen (secondary N) is 1. The van der Waals surface area contributed by atoms with E-state index in [4.69, 9.17) is 16.3 Å². The molecule has 0 radical (unpaired) electrons. The van der Waals surface area contributed by atoms with E-state index in [1.54, 1.807) is 14.0 Å². The number of aryl methyl sites for hydroxylation is 1. The van der Waals surface area contributed by atoms with E-state index < -0.39 is 29.5 Å². The van der Waals surface area contributed by atoms with Crippen LogP contribution in [0.5, 0.6) is 5.88 Å². The van der Waals surface area contributed by atoms with Gasteiger partial charge in [-0.3, -0.25) is 4.68 Å². The largest absolute Gasteiger partial charge is 0.469 e. The molecule has 4 rings (SSSR count). The van der Waals surface area contributed by atoms with Crippen LogP contribution in [0.2, 0.25) is 5.02 Å². The zero-order valence-electron chi connectivity index (χ0n) is 20.5. The van der Waals surface area contributed by atoms with Crippen molar-refractivity contribution in [1.29, 1.82) is 0 Å². The molecule has 0 aliphatic rings. The summed E-state index contributed by atoms with van der Waals surface area (Å²) in [7, 11) is 1.70. The van der Waals surface area contributed by atoms with E-state index in [0.717, 1.165) is 18.2 Å². The van der Waals surface area contributed by atoms with Gasteiger partial charge in [0.2, 0.25) is 5.88 Å². The number of aromatic nitrogens is 4. The maximum atomic E-state index is 14.4. The minimum Gasteiger partial charge on any atom is -0.469 e. The van der Waals surface area contributed by atoms with Crippen LogP contribution in [0, 0.1) is 17.5 Å². The fourth-order valence-electron chi connectivity index (χ4n) is 3.91. The number of hydrogen-bond acceptors (Lipinski definition) is 6. The minimum atomic E-state index is -1.09. The Bertz CT molecular complexity index is 1470. The second kappa shape index (κ2) is 11.7. The van der Waals surface area contributed by atoms with Crippen molar-refractivity contribution < 1.29 is 27.8 Å². The number of halogens is 4. The zero-order valence-corrected chi connectivity index (χ0v) is 21.2. The van der Waals surface area contributed by atoms with Gasteiger partial charge in [0.15, 0.2) is 24.1 Å². The first-order valence-electron chi connectivity index (χ1n) is 11.6. The number of aliphatic hydroxyl groups is 1. The van der Waals surface area contributed by atoms with Crippen molar-refractivity contribution in [2.75, 3.05) is 18.5 Å². The summed E-state index contributed by atoms with van der Waals surface area (Å²) in [5, 5.41) is 16.5. The highest BCUT2D eigenvalue weighted by atomic mass is 35.5. The van der Waals surface area contributed by atoms with Gasteiger partial charge in [-0.25, -0.2) is 27.9 Å². The lowest BCUT2D eigenvalue weighted by molar-refractivity contribution is 0.182. The smallest absolute Gasteiger partial charge is 0.322 e. The topological polar surface area (TPSA) is 105 Å². The Morgan fingerprint density at radius 3 is 2.55 bits per heavy atom. The van der Waals surface area contributed by atoms with Crippen LogP contribution in [0.4, 0.5) is 23.7 Å². The van der Waals surface area contributed by atoms with Gasteiger partial charge in [-0.2, -0.15) is 5.10 Å². The Labute approximate surface area is 220 Å². The van der Waals surface area contributed by atoms with Crippen molar-refractivity contribution in [2.45, 2.75) is 26.0 Å². The van der Waals surface area contributed by atoms with Crippen LogP contribution in [0.25, 0.3) is 10.8 Å². The number of carbonyl (C=O) groups is 1. The molecule has 0 spiro atoms. The van der Waals surface area contributed by atoms with Crippen LogP contribution >= 0.6 is 11.6 Å². The SMILES string of the molecule is C[C@@H](c1cnc(OCc2ncn(C)n2)c2cc(F)c(F)cc12)N(CCCO)C(=O)Nc1ccc(F)c(Cl)c1. The number of urea groups is 1. The molecule has 0 saturated carbocycles. The van der Waals surface area contributed by atoms with Gasteiger partial charge in [0.25, 0.3) is 0 Å². The molecule has 200 valence electrons. The molecule has 2 aromatic carbocycles. The summed E-state index contributed by atoms with van der Waals surface area (Å²) in [5.41, 5.74) is 0.665. The lowest BCUT2D eigenvalue weighted by atomic mass is 10.0. The monoisotopic (exact) mass is 548 g/mol. The summed E-state index contributed by atoms with van der Waals surface area (Å²) >= 11 is 5.82. The molecule has 0 aliphatic heterocycles. The van der Waals surface area contributed by atoms with E-state index in [1.165, 1.54) is 34.2 Å². The molecule has 0 fully saturated rings. The van der Waals surface area contributed by atoms with Crippen LogP contribution in [-0.4, -0.2) is 48.9 Å². The van der Waals surface area contributed by atoms with Gasteiger partial charge >= 0.3 is 6.03 Å². The molecule has 4 aromatic rings. The van der Waals surface area contributed by atoms with Crippen molar-refractivity contribution in [3.8, 4) is 5.88 Å². The van der Waals surface area contributed by atoms with Crippen molar-refractivity contribution in [1.82, 2.24) is 24.6 Å². The van der Waals surface area contributed by atoms with E-state index in [-0.39, 0.29) is 53.5 Å². The number of anilines is 1. The lowest BCUT2D eigenvalue weighted by Gasteiger charge is -2.30. The standard InChI is InChI=1S/C25H24ClF3N6O3/c1-14(35(6-3-7-36)25(37)32-15-4-5-20(27)19(26)8-15)18-11-30-24(38-12-23-31-13-34(2)33-23)17-10-22(29)21(28)9-16(17)18/h4-5,8-11,13-14,36H,3,6-7,12H2,1-2H3,(H,32,37)/t14-/m0/s1. The molecule has 38 heavy (non-hydrogen) atoms. The van der Waals surface area contributed by atoms with Crippen molar-refractivity contribution in [3.63, 3.8) is 0 Å². The van der Waals surface area contributed by atoms with Gasteiger partial charge in [0.1, 0.15) is 12.1 Å². The summed E-state index contributed by atoms with van der Waals surface area (Å²) in [4.78, 5) is 23.0. The third-order valence-electron chi connectivity index (χ3n) is 5.81. The maximum Gasteiger partial charge on any atom is 0.322 e. The molecule has 2 amide bonds. The van der Waals surface area contributed by atoms with Gasteiger partial charge in [0.05, 0.1) is 11.1 Å². The Morgan fingerprint density at radius 2 is 1.89 bits per heavy atom. The Balaban J connectivity index is 1.68. The number of carbonyl (C=O) groups excluding carboxylic acids is 1. The second-order valence-electron chi connectivity index (χ2n) is 8.46. The Kier molecular flexibility index (Phi) is 8.32. The summed E-state index contributed by atoms with van der Waals surface area (Å²) in [6.07, 6.45) is 3.16. The van der Waals surface area contributed by atoms with Crippen molar-refractivity contribution >= 4 is 34.1 Å². The zero-order chi connectivity index (χ0) is 27.4. The maximum absolute atomic E-state index is 14.4. The summed E-state index contributed by atoms with van der Waals surface area (Å²) in [5.74, 6) is -2.40. The third-order valence-corrected chi connectivity index (χ3v) is 6.10. The van der Waals surface area contributed by atoms with Crippen LogP contribution in [0.15, 0.2) is 42.9 Å². The highest BCUT2D eigenvalue weighted by Crippen LogP contribution is 2.34. The number of pyridine rings is 1. The number of fused-ring (bicyclic) bond motifs is 1. The quantitative estimate of drug-likeness (QED) is 0.305. The molecular formula is C25H24ClF3N6O3. The molecule has 1 atom stereocenters. The molecule has 2 heterocycles. The van der Waals surface area contributed by atoms with Crippen molar-refractivity contribution in [2.24, 2.45) is 7.05 Å². The first kappa shape index (κ1) is 27.1. The van der Waals surface area contributed by atoms with Crippen LogP contribution in [0.3, 0.4) is 0 Å². The first-order valence-corrected chi connectivity index (χ1v) is 11.9. The lowest BCUT2D eigenvalue weighted by Crippen LogP contribution is -2.38. The molecule has 0 bridgehead atoms. The van der Waals surface area contributed by atoms with Gasteiger partial charge in [0, 0.05) is 43.0 Å². The number of amides is 2. The molecule has 2 N–H and O–H groups in total. The molecule has 0 unspecified atom stereocenters. The van der Waals surface area contributed by atoms with E-state index in [1.807, 2.05) is 0 Å². The molecule has 2 aromatic heterocycles. The molecule has 13 heteroatoms. The molecular weight excluding hydrogens is 525 g/mol. The molecule has 0 aliphatic carbocycles. The van der Waals surface area contributed by atoms with E-state index in [2.05, 4.69) is 20.4 Å². The van der Waals surface area contributed by atoms with Gasteiger partial charge in [-0.05, 0) is 49.1 Å². The number of aliphatic hydroxyl groups excluding tert-OH is 1. The number of benzene rings is 2. The normalized spacial score (nSPS) is 12.0. The average Bonchev–Trinajstić information content (AvgIpc) is 3.30. The van der Waals surface area contributed by atoms with E-state index in [0.29, 0.717) is 11.4 Å². The predicted molar refractivity (Wildman–Crippen MR) is 134 cm³/mol. The summed E-state index contributed by atoms with van der Waals surface area (Å²) in [6, 6.07) is 4.45. The minimum absolute atomic E-state index is 0.0367. The second-order valence-corrected chi connectivity index (χ2v) is 8.87. The summed E-state index contributed by atoms with van der Waals surface area (Å²) < 4.78 is 49.4. The van der Waals surface area contributed by atoms with E-state index >= 15 is 0 Å². The fourth-order valence-corrected chi connectivity index (χ4v) is 4.09. The highest BCUT2D eigenvalue weighted by Gasteiger charge is 2.25. The number of nitrogens with zero attached hydrogens (tertiary/aromatic N) is 5. The van der Waals surface area contributed by atoms with E-state index in [9.17, 15) is 23.1 Å². The van der Waals surface area contributed by atoms with Crippen LogP contribution < -0.4 is 10.1 Å². The van der Waals surface area contributed by atoms with Crippen LogP contribution in [-0.2, 0) is 13.7 Å². The molecule has 9 nitrogen and oxygen atoms in total. The highest BCUT2D eigenvalue weighted by molar-refractivity contribution is 6.31. The average molecular weight is 549 g/mol. The number of ether oxygens (including phenoxy) is 1. The number of rotatable bonds is 9. The van der Waals surface area contributed by atoms with Crippen LogP contribution in [0.1, 0.15) is 30.8 Å². The number of hydrogen-bond donors (Lipinski definition) is 2. The summed E-state index contributed by atoms with van der Waals surface area (Å²) in [6.45, 7) is 1.56.